The van der Waals surface area contributed by atoms with Gasteiger partial charge in [-0.2, -0.15) is 0 Å². The molecule has 2 aromatic heterocycles. The summed E-state index contributed by atoms with van der Waals surface area (Å²) in [6.07, 6.45) is 4.29. The number of aliphatic hydroxyl groups excluding tert-OH is 1. The van der Waals surface area contributed by atoms with Crippen molar-refractivity contribution in [1.82, 2.24) is 10.1 Å². The van der Waals surface area contributed by atoms with Crippen LogP contribution in [-0.4, -0.2) is 51.9 Å². The lowest BCUT2D eigenvalue weighted by molar-refractivity contribution is 0.0390. The van der Waals surface area contributed by atoms with E-state index >= 15 is 4.39 Å². The number of hydrogen-bond donors (Lipinski definition) is 1. The van der Waals surface area contributed by atoms with Crippen molar-refractivity contribution in [1.29, 1.82) is 0 Å². The van der Waals surface area contributed by atoms with Crippen molar-refractivity contribution >= 4 is 17.5 Å². The molecule has 1 N–H and O–H groups in total. The minimum Gasteiger partial charge on any atom is -0.444 e. The summed E-state index contributed by atoms with van der Waals surface area (Å²) in [7, 11) is 0. The van der Waals surface area contributed by atoms with Gasteiger partial charge in [-0.15, -0.1) is 0 Å². The van der Waals surface area contributed by atoms with Crippen LogP contribution in [0.3, 0.4) is 0 Å². The SMILES string of the molecule is O=C1O[C@@H](CCc2ccon2)[C@@H]2Cc3cc(-c4ccc(C5=NO[C@H](CO)C5)nc4)c(F)cc3N12. The maximum absolute atomic E-state index is 15.1. The summed E-state index contributed by atoms with van der Waals surface area (Å²) in [5.74, 6) is -0.435. The molecule has 1 amide bonds. The van der Waals surface area contributed by atoms with Crippen molar-refractivity contribution in [2.24, 2.45) is 5.16 Å². The number of pyridine rings is 1. The number of aryl methyl sites for hydroxylation is 1. The van der Waals surface area contributed by atoms with Gasteiger partial charge in [0, 0.05) is 29.8 Å². The highest BCUT2D eigenvalue weighted by atomic mass is 19.1. The Bertz CT molecular complexity index is 1260. The standard InChI is InChI=1S/C24H21FN4O5/c25-18-10-21-14(8-22-23(33-24(31)29(21)22)4-2-15-5-6-32-27-15)7-17(18)13-1-3-19(26-11-13)20-9-16(12-30)34-28-20/h1,3,5-7,10-11,16,22-23,30H,2,4,8-9,12H2/t16-,22-,23-/m0/s1. The highest BCUT2D eigenvalue weighted by Crippen LogP contribution is 2.42. The van der Waals surface area contributed by atoms with Gasteiger partial charge in [0.2, 0.25) is 0 Å². The highest BCUT2D eigenvalue weighted by molar-refractivity contribution is 6.00. The molecule has 0 aliphatic carbocycles. The van der Waals surface area contributed by atoms with Crippen LogP contribution in [0, 0.1) is 5.82 Å². The summed E-state index contributed by atoms with van der Waals surface area (Å²) in [5.41, 5.74) is 4.57. The molecule has 1 aromatic carbocycles. The number of benzene rings is 1. The summed E-state index contributed by atoms with van der Waals surface area (Å²) in [4.78, 5) is 23.7. The minimum atomic E-state index is -0.451. The lowest BCUT2D eigenvalue weighted by atomic mass is 9.98. The summed E-state index contributed by atoms with van der Waals surface area (Å²) in [6, 6.07) is 8.35. The van der Waals surface area contributed by atoms with E-state index in [4.69, 9.17) is 14.1 Å². The average Bonchev–Trinajstić information content (AvgIpc) is 3.64. The molecule has 6 rings (SSSR count). The largest absolute Gasteiger partial charge is 0.444 e. The molecule has 1 saturated heterocycles. The predicted molar refractivity (Wildman–Crippen MR) is 118 cm³/mol. The Morgan fingerprint density at radius 1 is 1.21 bits per heavy atom. The number of halogens is 1. The second-order valence-corrected chi connectivity index (χ2v) is 8.64. The number of nitrogens with zero attached hydrogens (tertiary/aromatic N) is 4. The maximum atomic E-state index is 15.1. The van der Waals surface area contributed by atoms with Gasteiger partial charge >= 0.3 is 6.09 Å². The average molecular weight is 464 g/mol. The summed E-state index contributed by atoms with van der Waals surface area (Å²) in [6.45, 7) is -0.113. The second-order valence-electron chi connectivity index (χ2n) is 8.64. The Hall–Kier alpha value is -3.79. The third kappa shape index (κ3) is 3.50. The van der Waals surface area contributed by atoms with Gasteiger partial charge in [0.1, 0.15) is 23.9 Å². The van der Waals surface area contributed by atoms with Crippen molar-refractivity contribution in [2.45, 2.75) is 43.9 Å². The number of cyclic esters (lactones) is 1. The number of carbonyl (C=O) groups is 1. The smallest absolute Gasteiger partial charge is 0.415 e. The van der Waals surface area contributed by atoms with E-state index in [0.29, 0.717) is 53.9 Å². The number of carbonyl (C=O) groups excluding carboxylic acids is 1. The number of oxime groups is 1. The van der Waals surface area contributed by atoms with E-state index in [2.05, 4.69) is 15.3 Å². The van der Waals surface area contributed by atoms with Gasteiger partial charge in [0.05, 0.1) is 29.7 Å². The number of ether oxygens (including phenoxy) is 1. The minimum absolute atomic E-state index is 0.113. The van der Waals surface area contributed by atoms with Gasteiger partial charge in [-0.25, -0.2) is 9.18 Å². The van der Waals surface area contributed by atoms with Gasteiger partial charge < -0.3 is 19.2 Å². The van der Waals surface area contributed by atoms with Gasteiger partial charge in [-0.1, -0.05) is 16.4 Å². The number of aliphatic hydroxyl groups is 1. The molecule has 3 aliphatic rings. The van der Waals surface area contributed by atoms with Gasteiger partial charge in [0.25, 0.3) is 0 Å². The van der Waals surface area contributed by atoms with E-state index in [1.807, 2.05) is 0 Å². The van der Waals surface area contributed by atoms with Crippen LogP contribution in [0.15, 0.2) is 52.5 Å². The zero-order chi connectivity index (χ0) is 23.2. The van der Waals surface area contributed by atoms with E-state index in [1.54, 1.807) is 35.4 Å². The van der Waals surface area contributed by atoms with E-state index in [-0.39, 0.29) is 24.9 Å². The molecule has 0 bridgehead atoms. The summed E-state index contributed by atoms with van der Waals surface area (Å²) < 4.78 is 25.6. The fourth-order valence-electron chi connectivity index (χ4n) is 4.82. The Kier molecular flexibility index (Phi) is 5.02. The van der Waals surface area contributed by atoms with E-state index in [0.717, 1.165) is 11.3 Å². The number of fused-ring (bicyclic) bond motifs is 3. The number of aromatic nitrogens is 2. The van der Waals surface area contributed by atoms with Crippen molar-refractivity contribution in [3.8, 4) is 11.1 Å². The zero-order valence-electron chi connectivity index (χ0n) is 18.1. The van der Waals surface area contributed by atoms with Crippen LogP contribution in [-0.2, 0) is 22.4 Å². The Balaban J connectivity index is 1.22. The lowest BCUT2D eigenvalue weighted by Crippen LogP contribution is -2.33. The number of anilines is 1. The van der Waals surface area contributed by atoms with Crippen LogP contribution >= 0.6 is 0 Å². The summed E-state index contributed by atoms with van der Waals surface area (Å²) in [5, 5.41) is 17.1. The highest BCUT2D eigenvalue weighted by Gasteiger charge is 2.47. The molecule has 0 saturated carbocycles. The van der Waals surface area contributed by atoms with Crippen LogP contribution in [0.2, 0.25) is 0 Å². The molecular weight excluding hydrogens is 443 g/mol. The Labute approximate surface area is 193 Å². The quantitative estimate of drug-likeness (QED) is 0.596. The molecule has 0 radical (unpaired) electrons. The molecule has 0 unspecified atom stereocenters. The fourth-order valence-corrected chi connectivity index (χ4v) is 4.82. The molecule has 174 valence electrons. The first kappa shape index (κ1) is 20.8. The first-order valence-electron chi connectivity index (χ1n) is 11.1. The molecular formula is C24H21FN4O5. The second kappa shape index (κ2) is 8.21. The van der Waals surface area contributed by atoms with Crippen LogP contribution in [0.5, 0.6) is 0 Å². The third-order valence-electron chi connectivity index (χ3n) is 6.55. The van der Waals surface area contributed by atoms with Gasteiger partial charge in [-0.05, 0) is 43.0 Å². The van der Waals surface area contributed by atoms with Crippen LogP contribution in [0.1, 0.15) is 29.8 Å². The molecule has 5 heterocycles. The molecule has 3 atom stereocenters. The van der Waals surface area contributed by atoms with Crippen molar-refractivity contribution in [3.05, 3.63) is 65.6 Å². The monoisotopic (exact) mass is 464 g/mol. The van der Waals surface area contributed by atoms with Gasteiger partial charge in [-0.3, -0.25) is 9.88 Å². The molecule has 3 aromatic rings. The summed E-state index contributed by atoms with van der Waals surface area (Å²) >= 11 is 0. The topological polar surface area (TPSA) is 110 Å². The van der Waals surface area contributed by atoms with Crippen LogP contribution in [0.25, 0.3) is 11.1 Å². The van der Waals surface area contributed by atoms with E-state index in [9.17, 15) is 9.90 Å². The number of rotatable bonds is 6. The number of amides is 1. The first-order chi connectivity index (χ1) is 16.6. The van der Waals surface area contributed by atoms with Crippen molar-refractivity contribution in [2.75, 3.05) is 11.5 Å². The Morgan fingerprint density at radius 3 is 2.85 bits per heavy atom. The van der Waals surface area contributed by atoms with E-state index in [1.165, 1.54) is 12.3 Å². The van der Waals surface area contributed by atoms with Crippen LogP contribution < -0.4 is 4.90 Å². The fraction of sp³-hybridized carbons (Fsp3) is 0.333. The normalized spacial score (nSPS) is 22.9. The van der Waals surface area contributed by atoms with Crippen molar-refractivity contribution < 1.29 is 28.4 Å². The van der Waals surface area contributed by atoms with Crippen molar-refractivity contribution in [3.63, 3.8) is 0 Å². The predicted octanol–water partition coefficient (Wildman–Crippen LogP) is 3.24. The molecule has 10 heteroatoms. The maximum Gasteiger partial charge on any atom is 0.415 e. The molecule has 1 fully saturated rings. The lowest BCUT2D eigenvalue weighted by Gasteiger charge is -2.16. The van der Waals surface area contributed by atoms with E-state index < -0.39 is 11.9 Å². The Morgan fingerprint density at radius 2 is 2.12 bits per heavy atom. The molecule has 34 heavy (non-hydrogen) atoms. The molecule has 3 aliphatic heterocycles. The van der Waals surface area contributed by atoms with Gasteiger partial charge in [0.15, 0.2) is 6.10 Å². The van der Waals surface area contributed by atoms with Crippen LogP contribution in [0.4, 0.5) is 14.9 Å². The number of hydrogen-bond acceptors (Lipinski definition) is 8. The molecule has 0 spiro atoms. The zero-order valence-corrected chi connectivity index (χ0v) is 18.1. The third-order valence-corrected chi connectivity index (χ3v) is 6.55. The first-order valence-corrected chi connectivity index (χ1v) is 11.1. The molecule has 9 nitrogen and oxygen atoms in total.